The van der Waals surface area contributed by atoms with Crippen LogP contribution >= 0.6 is 0 Å². The van der Waals surface area contributed by atoms with E-state index in [-0.39, 0.29) is 0 Å². The highest BCUT2D eigenvalue weighted by Gasteiger charge is 2.30. The van der Waals surface area contributed by atoms with E-state index in [1.54, 1.807) is 6.07 Å². The molecule has 0 saturated carbocycles. The molecular formula is C14H20F3N. The van der Waals surface area contributed by atoms with Crippen LogP contribution < -0.4 is 5.32 Å². The first-order valence-corrected chi connectivity index (χ1v) is 6.36. The lowest BCUT2D eigenvalue weighted by Gasteiger charge is -2.16. The van der Waals surface area contributed by atoms with E-state index in [9.17, 15) is 13.2 Å². The predicted molar refractivity (Wildman–Crippen MR) is 67.5 cm³/mol. The van der Waals surface area contributed by atoms with Gasteiger partial charge in [-0.2, -0.15) is 13.2 Å². The SMILES string of the molecule is CCNC(CC)CCc1cccc(C(F)(F)F)c1. The molecule has 1 rings (SSSR count). The first-order valence-electron chi connectivity index (χ1n) is 6.36. The Kier molecular flexibility index (Phi) is 5.66. The Morgan fingerprint density at radius 3 is 2.50 bits per heavy atom. The van der Waals surface area contributed by atoms with Gasteiger partial charge in [0.05, 0.1) is 5.56 Å². The summed E-state index contributed by atoms with van der Waals surface area (Å²) in [7, 11) is 0. The number of aryl methyl sites for hydroxylation is 1. The quantitative estimate of drug-likeness (QED) is 0.813. The van der Waals surface area contributed by atoms with Gasteiger partial charge in [0.25, 0.3) is 0 Å². The van der Waals surface area contributed by atoms with Gasteiger partial charge in [-0.1, -0.05) is 32.0 Å². The van der Waals surface area contributed by atoms with E-state index in [0.29, 0.717) is 12.5 Å². The average molecular weight is 259 g/mol. The minimum Gasteiger partial charge on any atom is -0.314 e. The van der Waals surface area contributed by atoms with Crippen molar-refractivity contribution >= 4 is 0 Å². The molecule has 0 aromatic heterocycles. The summed E-state index contributed by atoms with van der Waals surface area (Å²) < 4.78 is 37.6. The van der Waals surface area contributed by atoms with Crippen molar-refractivity contribution in [2.45, 2.75) is 45.3 Å². The van der Waals surface area contributed by atoms with E-state index in [1.165, 1.54) is 12.1 Å². The van der Waals surface area contributed by atoms with E-state index in [0.717, 1.165) is 31.0 Å². The zero-order chi connectivity index (χ0) is 13.6. The zero-order valence-electron chi connectivity index (χ0n) is 10.8. The topological polar surface area (TPSA) is 12.0 Å². The van der Waals surface area contributed by atoms with Crippen LogP contribution in [0, 0.1) is 0 Å². The van der Waals surface area contributed by atoms with Crippen LogP contribution in [-0.2, 0) is 12.6 Å². The van der Waals surface area contributed by atoms with Crippen molar-refractivity contribution in [3.05, 3.63) is 35.4 Å². The largest absolute Gasteiger partial charge is 0.416 e. The van der Waals surface area contributed by atoms with Crippen LogP contribution in [0.15, 0.2) is 24.3 Å². The van der Waals surface area contributed by atoms with Crippen molar-refractivity contribution in [2.75, 3.05) is 6.54 Å². The number of halogens is 3. The van der Waals surface area contributed by atoms with Crippen LogP contribution in [0.4, 0.5) is 13.2 Å². The van der Waals surface area contributed by atoms with Crippen LogP contribution in [-0.4, -0.2) is 12.6 Å². The van der Waals surface area contributed by atoms with Crippen molar-refractivity contribution in [1.82, 2.24) is 5.32 Å². The average Bonchev–Trinajstić information content (AvgIpc) is 2.34. The Morgan fingerprint density at radius 2 is 1.94 bits per heavy atom. The van der Waals surface area contributed by atoms with E-state index >= 15 is 0 Å². The lowest BCUT2D eigenvalue weighted by atomic mass is 10.0. The molecule has 18 heavy (non-hydrogen) atoms. The molecule has 0 saturated heterocycles. The molecule has 0 radical (unpaired) electrons. The summed E-state index contributed by atoms with van der Waals surface area (Å²) >= 11 is 0. The van der Waals surface area contributed by atoms with Crippen molar-refractivity contribution in [2.24, 2.45) is 0 Å². The fourth-order valence-electron chi connectivity index (χ4n) is 1.98. The summed E-state index contributed by atoms with van der Waals surface area (Å²) in [4.78, 5) is 0. The Bertz CT molecular complexity index is 360. The molecule has 102 valence electrons. The number of alkyl halides is 3. The number of nitrogens with one attached hydrogen (secondary N) is 1. The Hall–Kier alpha value is -1.03. The zero-order valence-corrected chi connectivity index (χ0v) is 10.8. The van der Waals surface area contributed by atoms with Crippen molar-refractivity contribution < 1.29 is 13.2 Å². The molecule has 0 spiro atoms. The molecule has 1 aromatic rings. The van der Waals surface area contributed by atoms with Gasteiger partial charge in [-0.3, -0.25) is 0 Å². The van der Waals surface area contributed by atoms with E-state index in [1.807, 2.05) is 6.92 Å². The Morgan fingerprint density at radius 1 is 1.22 bits per heavy atom. The lowest BCUT2D eigenvalue weighted by Crippen LogP contribution is -2.28. The molecule has 0 aliphatic rings. The van der Waals surface area contributed by atoms with Crippen LogP contribution in [0.3, 0.4) is 0 Å². The fraction of sp³-hybridized carbons (Fsp3) is 0.571. The summed E-state index contributed by atoms with van der Waals surface area (Å²) in [6.07, 6.45) is -1.71. The Labute approximate surface area is 106 Å². The number of benzene rings is 1. The molecule has 0 aliphatic heterocycles. The molecule has 0 amide bonds. The van der Waals surface area contributed by atoms with Crippen LogP contribution in [0.1, 0.15) is 37.8 Å². The van der Waals surface area contributed by atoms with Gasteiger partial charge in [-0.15, -0.1) is 0 Å². The molecule has 4 heteroatoms. The number of rotatable bonds is 6. The van der Waals surface area contributed by atoms with Gasteiger partial charge in [-0.25, -0.2) is 0 Å². The maximum atomic E-state index is 12.5. The minimum absolute atomic E-state index is 0.379. The summed E-state index contributed by atoms with van der Waals surface area (Å²) in [5.74, 6) is 0. The summed E-state index contributed by atoms with van der Waals surface area (Å²) in [5.41, 5.74) is 0.192. The second kappa shape index (κ2) is 6.78. The van der Waals surface area contributed by atoms with Gasteiger partial charge in [0.1, 0.15) is 0 Å². The molecule has 0 bridgehead atoms. The van der Waals surface area contributed by atoms with Gasteiger partial charge >= 0.3 is 6.18 Å². The number of hydrogen-bond acceptors (Lipinski definition) is 1. The monoisotopic (exact) mass is 259 g/mol. The smallest absolute Gasteiger partial charge is 0.314 e. The van der Waals surface area contributed by atoms with Crippen LogP contribution in [0.2, 0.25) is 0 Å². The van der Waals surface area contributed by atoms with E-state index in [2.05, 4.69) is 12.2 Å². The molecule has 0 heterocycles. The first kappa shape index (κ1) is 15.0. The van der Waals surface area contributed by atoms with Crippen molar-refractivity contribution in [1.29, 1.82) is 0 Å². The third kappa shape index (κ3) is 4.69. The molecule has 1 aromatic carbocycles. The molecule has 1 nitrogen and oxygen atoms in total. The van der Waals surface area contributed by atoms with Gasteiger partial charge in [0.15, 0.2) is 0 Å². The van der Waals surface area contributed by atoms with E-state index < -0.39 is 11.7 Å². The second-order valence-corrected chi connectivity index (χ2v) is 4.40. The maximum Gasteiger partial charge on any atom is 0.416 e. The van der Waals surface area contributed by atoms with Gasteiger partial charge in [-0.05, 0) is 37.4 Å². The molecule has 1 N–H and O–H groups in total. The highest BCUT2D eigenvalue weighted by molar-refractivity contribution is 5.25. The highest BCUT2D eigenvalue weighted by Crippen LogP contribution is 2.29. The van der Waals surface area contributed by atoms with Crippen LogP contribution in [0.5, 0.6) is 0 Å². The second-order valence-electron chi connectivity index (χ2n) is 4.40. The third-order valence-electron chi connectivity index (χ3n) is 3.02. The highest BCUT2D eigenvalue weighted by atomic mass is 19.4. The van der Waals surface area contributed by atoms with E-state index in [4.69, 9.17) is 0 Å². The molecule has 0 fully saturated rings. The predicted octanol–water partition coefficient (Wildman–Crippen LogP) is 4.03. The molecule has 1 atom stereocenters. The number of hydrogen-bond donors (Lipinski definition) is 1. The third-order valence-corrected chi connectivity index (χ3v) is 3.02. The lowest BCUT2D eigenvalue weighted by molar-refractivity contribution is -0.137. The normalized spacial score (nSPS) is 13.6. The Balaban J connectivity index is 2.62. The molecule has 1 unspecified atom stereocenters. The minimum atomic E-state index is -4.25. The first-order chi connectivity index (χ1) is 8.47. The molecular weight excluding hydrogens is 239 g/mol. The standard InChI is InChI=1S/C14H20F3N/c1-3-13(18-4-2)9-8-11-6-5-7-12(10-11)14(15,16)17/h5-7,10,13,18H,3-4,8-9H2,1-2H3. The summed E-state index contributed by atoms with van der Waals surface area (Å²) in [6.45, 7) is 5.01. The molecule has 0 aliphatic carbocycles. The maximum absolute atomic E-state index is 12.5. The van der Waals surface area contributed by atoms with Gasteiger partial charge < -0.3 is 5.32 Å². The fourth-order valence-corrected chi connectivity index (χ4v) is 1.98. The van der Waals surface area contributed by atoms with Crippen molar-refractivity contribution in [3.8, 4) is 0 Å². The van der Waals surface area contributed by atoms with Gasteiger partial charge in [0, 0.05) is 6.04 Å². The van der Waals surface area contributed by atoms with Gasteiger partial charge in [0.2, 0.25) is 0 Å². The van der Waals surface area contributed by atoms with Crippen LogP contribution in [0.25, 0.3) is 0 Å². The van der Waals surface area contributed by atoms with Crippen molar-refractivity contribution in [3.63, 3.8) is 0 Å². The summed E-state index contributed by atoms with van der Waals surface area (Å²) in [6, 6.07) is 5.98. The summed E-state index contributed by atoms with van der Waals surface area (Å²) in [5, 5.41) is 3.33.